The molecular formula is C25H39N5O6. The standard InChI is InChI=1S/C25H39N5O6/c1-5-15(4)21(25(35)36)30-23(33)18(13-16-9-7-6-8-10-16)29-22(32)17(11-12-19(26)31)28-24(34)20(27)14(2)3/h6-10,14-15,17-18,20-21H,5,11-13,27H2,1-4H3,(H2,26,31)(H,28,34)(H,29,32)(H,30,33)(H,35,36). The molecule has 0 aliphatic carbocycles. The number of carboxylic acids is 1. The Morgan fingerprint density at radius 1 is 0.889 bits per heavy atom. The summed E-state index contributed by atoms with van der Waals surface area (Å²) in [6.07, 6.45) is 0.319. The normalized spacial score (nSPS) is 15.2. The second-order valence-corrected chi connectivity index (χ2v) is 9.30. The minimum atomic E-state index is -1.18. The summed E-state index contributed by atoms with van der Waals surface area (Å²) in [6, 6.07) is 4.53. The zero-order chi connectivity index (χ0) is 27.4. The van der Waals surface area contributed by atoms with Crippen LogP contribution in [0.15, 0.2) is 30.3 Å². The maximum Gasteiger partial charge on any atom is 0.326 e. The van der Waals surface area contributed by atoms with Crippen molar-refractivity contribution in [2.75, 3.05) is 0 Å². The summed E-state index contributed by atoms with van der Waals surface area (Å²) in [7, 11) is 0. The first-order valence-corrected chi connectivity index (χ1v) is 12.1. The fourth-order valence-electron chi connectivity index (χ4n) is 3.39. The highest BCUT2D eigenvalue weighted by molar-refractivity contribution is 5.94. The zero-order valence-corrected chi connectivity index (χ0v) is 21.3. The third kappa shape index (κ3) is 10.0. The molecule has 0 heterocycles. The van der Waals surface area contributed by atoms with E-state index in [1.54, 1.807) is 51.1 Å². The number of nitrogens with two attached hydrogens (primary N) is 2. The van der Waals surface area contributed by atoms with Crippen molar-refractivity contribution in [3.63, 3.8) is 0 Å². The van der Waals surface area contributed by atoms with Crippen molar-refractivity contribution in [1.82, 2.24) is 16.0 Å². The van der Waals surface area contributed by atoms with Crippen molar-refractivity contribution in [2.24, 2.45) is 23.3 Å². The van der Waals surface area contributed by atoms with E-state index in [4.69, 9.17) is 11.5 Å². The predicted octanol–water partition coefficient (Wildman–Crippen LogP) is 0.0630. The number of rotatable bonds is 15. The van der Waals surface area contributed by atoms with Gasteiger partial charge in [-0.3, -0.25) is 19.2 Å². The molecule has 1 rings (SSSR count). The first kappa shape index (κ1) is 30.6. The average Bonchev–Trinajstić information content (AvgIpc) is 2.83. The van der Waals surface area contributed by atoms with Crippen LogP contribution in [0.25, 0.3) is 0 Å². The van der Waals surface area contributed by atoms with E-state index in [0.29, 0.717) is 6.42 Å². The van der Waals surface area contributed by atoms with Gasteiger partial charge in [0.1, 0.15) is 18.1 Å². The van der Waals surface area contributed by atoms with E-state index in [2.05, 4.69) is 16.0 Å². The van der Waals surface area contributed by atoms with Gasteiger partial charge in [-0.05, 0) is 23.8 Å². The largest absolute Gasteiger partial charge is 0.480 e. The first-order valence-electron chi connectivity index (χ1n) is 12.1. The number of benzene rings is 1. The maximum absolute atomic E-state index is 13.2. The third-order valence-electron chi connectivity index (χ3n) is 6.03. The van der Waals surface area contributed by atoms with Crippen LogP contribution in [0.5, 0.6) is 0 Å². The van der Waals surface area contributed by atoms with Crippen molar-refractivity contribution in [2.45, 2.75) is 77.5 Å². The van der Waals surface area contributed by atoms with Gasteiger partial charge in [-0.1, -0.05) is 64.4 Å². The fourth-order valence-corrected chi connectivity index (χ4v) is 3.39. The molecule has 11 nitrogen and oxygen atoms in total. The quantitative estimate of drug-likeness (QED) is 0.194. The van der Waals surface area contributed by atoms with Crippen LogP contribution < -0.4 is 27.4 Å². The summed E-state index contributed by atoms with van der Waals surface area (Å²) in [5.41, 5.74) is 11.8. The molecule has 0 bridgehead atoms. The van der Waals surface area contributed by atoms with E-state index < -0.39 is 53.8 Å². The molecule has 36 heavy (non-hydrogen) atoms. The third-order valence-corrected chi connectivity index (χ3v) is 6.03. The van der Waals surface area contributed by atoms with Gasteiger partial charge in [0.2, 0.25) is 23.6 Å². The van der Waals surface area contributed by atoms with Gasteiger partial charge < -0.3 is 32.5 Å². The lowest BCUT2D eigenvalue weighted by molar-refractivity contribution is -0.143. The Morgan fingerprint density at radius 3 is 1.94 bits per heavy atom. The summed E-state index contributed by atoms with van der Waals surface area (Å²) in [5, 5.41) is 17.2. The smallest absolute Gasteiger partial charge is 0.326 e. The number of hydrogen-bond acceptors (Lipinski definition) is 6. The highest BCUT2D eigenvalue weighted by atomic mass is 16.4. The molecule has 1 aromatic rings. The number of amides is 4. The van der Waals surface area contributed by atoms with Crippen molar-refractivity contribution in [3.05, 3.63) is 35.9 Å². The lowest BCUT2D eigenvalue weighted by Gasteiger charge is -2.27. The van der Waals surface area contributed by atoms with E-state index in [1.165, 1.54) is 0 Å². The number of carboxylic acid groups (broad SMARTS) is 1. The molecular weight excluding hydrogens is 466 g/mol. The van der Waals surface area contributed by atoms with Crippen LogP contribution in [0, 0.1) is 11.8 Å². The number of carbonyl (C=O) groups excluding carboxylic acids is 4. The topological polar surface area (TPSA) is 194 Å². The summed E-state index contributed by atoms with van der Waals surface area (Å²) in [5.74, 6) is -4.37. The Balaban J connectivity index is 3.17. The van der Waals surface area contributed by atoms with E-state index in [-0.39, 0.29) is 31.1 Å². The Bertz CT molecular complexity index is 907. The second kappa shape index (κ2) is 14.8. The summed E-state index contributed by atoms with van der Waals surface area (Å²) < 4.78 is 0. The van der Waals surface area contributed by atoms with Gasteiger partial charge in [-0.15, -0.1) is 0 Å². The molecule has 5 atom stereocenters. The SMILES string of the molecule is CCC(C)C(NC(=O)C(Cc1ccccc1)NC(=O)C(CCC(N)=O)NC(=O)C(N)C(C)C)C(=O)O. The summed E-state index contributed by atoms with van der Waals surface area (Å²) in [6.45, 7) is 7.01. The molecule has 0 saturated carbocycles. The van der Waals surface area contributed by atoms with Gasteiger partial charge in [-0.25, -0.2) is 4.79 Å². The number of nitrogens with one attached hydrogen (secondary N) is 3. The Hall–Kier alpha value is -3.47. The molecule has 0 aliphatic heterocycles. The average molecular weight is 506 g/mol. The Morgan fingerprint density at radius 2 is 1.44 bits per heavy atom. The van der Waals surface area contributed by atoms with E-state index in [0.717, 1.165) is 5.56 Å². The van der Waals surface area contributed by atoms with E-state index in [1.807, 2.05) is 6.92 Å². The molecule has 0 saturated heterocycles. The van der Waals surface area contributed by atoms with Crippen molar-refractivity contribution >= 4 is 29.6 Å². The van der Waals surface area contributed by atoms with E-state index >= 15 is 0 Å². The number of primary amides is 1. The van der Waals surface area contributed by atoms with Crippen LogP contribution in [0.2, 0.25) is 0 Å². The first-order chi connectivity index (χ1) is 16.9. The molecule has 200 valence electrons. The summed E-state index contributed by atoms with van der Waals surface area (Å²) in [4.78, 5) is 61.9. The van der Waals surface area contributed by atoms with Gasteiger partial charge in [-0.2, -0.15) is 0 Å². The van der Waals surface area contributed by atoms with Crippen LogP contribution in [-0.4, -0.2) is 58.9 Å². The molecule has 8 N–H and O–H groups in total. The molecule has 0 radical (unpaired) electrons. The van der Waals surface area contributed by atoms with Crippen molar-refractivity contribution in [3.8, 4) is 0 Å². The van der Waals surface area contributed by atoms with Gasteiger partial charge in [0.25, 0.3) is 0 Å². The van der Waals surface area contributed by atoms with Crippen molar-refractivity contribution < 1.29 is 29.1 Å². The molecule has 0 spiro atoms. The van der Waals surface area contributed by atoms with E-state index in [9.17, 15) is 29.1 Å². The molecule has 0 aliphatic rings. The predicted molar refractivity (Wildman–Crippen MR) is 134 cm³/mol. The molecule has 1 aromatic carbocycles. The van der Waals surface area contributed by atoms with Crippen LogP contribution in [0.4, 0.5) is 0 Å². The highest BCUT2D eigenvalue weighted by Gasteiger charge is 2.32. The minimum absolute atomic E-state index is 0.0766. The van der Waals surface area contributed by atoms with Crippen LogP contribution >= 0.6 is 0 Å². The van der Waals surface area contributed by atoms with Gasteiger partial charge in [0.05, 0.1) is 6.04 Å². The molecule has 4 amide bonds. The fraction of sp³-hybridized carbons (Fsp3) is 0.560. The lowest BCUT2D eigenvalue weighted by atomic mass is 9.98. The maximum atomic E-state index is 13.2. The second-order valence-electron chi connectivity index (χ2n) is 9.30. The Labute approximate surface area is 211 Å². The molecule has 5 unspecified atom stereocenters. The molecule has 0 aromatic heterocycles. The Kier molecular flexibility index (Phi) is 12.6. The zero-order valence-electron chi connectivity index (χ0n) is 21.3. The van der Waals surface area contributed by atoms with Gasteiger partial charge in [0.15, 0.2) is 0 Å². The number of aliphatic carboxylic acids is 1. The van der Waals surface area contributed by atoms with Gasteiger partial charge in [0, 0.05) is 12.8 Å². The number of carbonyl (C=O) groups is 5. The summed E-state index contributed by atoms with van der Waals surface area (Å²) >= 11 is 0. The molecule has 0 fully saturated rings. The molecule has 11 heteroatoms. The number of hydrogen-bond donors (Lipinski definition) is 6. The van der Waals surface area contributed by atoms with Crippen LogP contribution in [-0.2, 0) is 30.4 Å². The lowest BCUT2D eigenvalue weighted by Crippen LogP contribution is -2.58. The van der Waals surface area contributed by atoms with Crippen LogP contribution in [0.3, 0.4) is 0 Å². The highest BCUT2D eigenvalue weighted by Crippen LogP contribution is 2.11. The monoisotopic (exact) mass is 505 g/mol. The minimum Gasteiger partial charge on any atom is -0.480 e. The van der Waals surface area contributed by atoms with Crippen molar-refractivity contribution in [1.29, 1.82) is 0 Å². The van der Waals surface area contributed by atoms with Crippen LogP contribution in [0.1, 0.15) is 52.5 Å². The van der Waals surface area contributed by atoms with Gasteiger partial charge >= 0.3 is 5.97 Å².